The molecule has 0 aromatic carbocycles. The minimum atomic E-state index is -0.428. The van der Waals surface area contributed by atoms with Crippen LogP contribution in [0.25, 0.3) is 0 Å². The van der Waals surface area contributed by atoms with Crippen LogP contribution in [-0.4, -0.2) is 32.5 Å². The van der Waals surface area contributed by atoms with Crippen LogP contribution >= 0.6 is 0 Å². The van der Waals surface area contributed by atoms with E-state index in [-0.39, 0.29) is 11.9 Å². The van der Waals surface area contributed by atoms with Crippen LogP contribution in [0.5, 0.6) is 0 Å². The molecule has 0 aliphatic heterocycles. The molecule has 0 spiro atoms. The second kappa shape index (κ2) is 7.09. The van der Waals surface area contributed by atoms with Crippen LogP contribution in [0, 0.1) is 0 Å². The zero-order valence-electron chi connectivity index (χ0n) is 10.4. The highest BCUT2D eigenvalue weighted by Gasteiger charge is 2.17. The van der Waals surface area contributed by atoms with Gasteiger partial charge in [0, 0.05) is 27.1 Å². The van der Waals surface area contributed by atoms with E-state index in [0.29, 0.717) is 12.8 Å². The summed E-state index contributed by atoms with van der Waals surface area (Å²) >= 11 is 0. The van der Waals surface area contributed by atoms with Crippen LogP contribution in [0.4, 0.5) is 0 Å². The van der Waals surface area contributed by atoms with E-state index in [1.165, 1.54) is 0 Å². The summed E-state index contributed by atoms with van der Waals surface area (Å²) in [5.41, 5.74) is 0. The topological polar surface area (TPSA) is 60.7 Å². The van der Waals surface area contributed by atoms with Crippen molar-refractivity contribution < 1.29 is 18.7 Å². The van der Waals surface area contributed by atoms with E-state index < -0.39 is 6.29 Å². The van der Waals surface area contributed by atoms with Gasteiger partial charge in [0.25, 0.3) is 0 Å². The van der Waals surface area contributed by atoms with Crippen molar-refractivity contribution in [2.45, 2.75) is 32.1 Å². The van der Waals surface area contributed by atoms with Gasteiger partial charge in [0.2, 0.25) is 5.91 Å². The minimum Gasteiger partial charge on any atom is -0.469 e. The molecule has 0 bridgehead atoms. The lowest BCUT2D eigenvalue weighted by molar-refractivity contribution is -0.135. The van der Waals surface area contributed by atoms with Crippen molar-refractivity contribution >= 4 is 5.91 Å². The summed E-state index contributed by atoms with van der Waals surface area (Å²) in [5, 5.41) is 2.81. The number of hydrogen-bond acceptors (Lipinski definition) is 4. The molecule has 1 aromatic rings. The first-order valence-corrected chi connectivity index (χ1v) is 5.54. The Morgan fingerprint density at radius 1 is 1.47 bits per heavy atom. The molecule has 1 atom stereocenters. The zero-order chi connectivity index (χ0) is 12.7. The van der Waals surface area contributed by atoms with Crippen LogP contribution in [-0.2, 0) is 20.7 Å². The van der Waals surface area contributed by atoms with E-state index in [0.717, 1.165) is 5.76 Å². The minimum absolute atomic E-state index is 0.0481. The van der Waals surface area contributed by atoms with Gasteiger partial charge in [0.15, 0.2) is 6.29 Å². The SMILES string of the molecule is COC(OC)C(C)NC(=O)CCc1ccco1. The van der Waals surface area contributed by atoms with Gasteiger partial charge in [-0.15, -0.1) is 0 Å². The predicted octanol–water partition coefficient (Wildman–Crippen LogP) is 1.34. The number of aryl methyl sites for hydroxylation is 1. The number of methoxy groups -OCH3 is 2. The standard InChI is InChI=1S/C12H19NO4/c1-9(12(15-2)16-3)13-11(14)7-6-10-5-4-8-17-10/h4-5,8-9,12H,6-7H2,1-3H3,(H,13,14). The highest BCUT2D eigenvalue weighted by atomic mass is 16.7. The van der Waals surface area contributed by atoms with Gasteiger partial charge in [0.05, 0.1) is 12.3 Å². The van der Waals surface area contributed by atoms with Gasteiger partial charge in [-0.1, -0.05) is 0 Å². The maximum absolute atomic E-state index is 11.6. The van der Waals surface area contributed by atoms with E-state index in [1.807, 2.05) is 19.1 Å². The molecule has 0 radical (unpaired) electrons. The summed E-state index contributed by atoms with van der Waals surface area (Å²) in [7, 11) is 3.08. The third-order valence-electron chi connectivity index (χ3n) is 2.44. The molecule has 1 rings (SSSR count). The van der Waals surface area contributed by atoms with Crippen LogP contribution in [0.2, 0.25) is 0 Å². The Bertz CT molecular complexity index is 319. The molecule has 5 heteroatoms. The summed E-state index contributed by atoms with van der Waals surface area (Å²) in [6.07, 6.45) is 2.15. The van der Waals surface area contributed by atoms with Crippen LogP contribution in [0.15, 0.2) is 22.8 Å². The lowest BCUT2D eigenvalue weighted by Crippen LogP contribution is -2.43. The maximum atomic E-state index is 11.6. The van der Waals surface area contributed by atoms with Crippen molar-refractivity contribution in [2.75, 3.05) is 14.2 Å². The molecule has 1 unspecified atom stereocenters. The third-order valence-corrected chi connectivity index (χ3v) is 2.44. The highest BCUT2D eigenvalue weighted by molar-refractivity contribution is 5.76. The van der Waals surface area contributed by atoms with Gasteiger partial charge in [-0.25, -0.2) is 0 Å². The van der Waals surface area contributed by atoms with Crippen LogP contribution < -0.4 is 5.32 Å². The summed E-state index contributed by atoms with van der Waals surface area (Å²) in [6.45, 7) is 1.84. The molecule has 0 fully saturated rings. The van der Waals surface area contributed by atoms with Gasteiger partial charge in [-0.2, -0.15) is 0 Å². The number of carbonyl (C=O) groups excluding carboxylic acids is 1. The Hall–Kier alpha value is -1.33. The third kappa shape index (κ3) is 4.58. The molecule has 0 saturated carbocycles. The highest BCUT2D eigenvalue weighted by Crippen LogP contribution is 2.04. The second-order valence-corrected chi connectivity index (χ2v) is 3.78. The molecular formula is C12H19NO4. The summed E-state index contributed by atoms with van der Waals surface area (Å²) in [6, 6.07) is 3.47. The summed E-state index contributed by atoms with van der Waals surface area (Å²) in [4.78, 5) is 11.6. The first kappa shape index (κ1) is 13.7. The van der Waals surface area contributed by atoms with E-state index in [1.54, 1.807) is 20.5 Å². The number of hydrogen-bond donors (Lipinski definition) is 1. The normalized spacial score (nSPS) is 12.7. The fraction of sp³-hybridized carbons (Fsp3) is 0.583. The van der Waals surface area contributed by atoms with Crippen molar-refractivity contribution in [2.24, 2.45) is 0 Å². The zero-order valence-corrected chi connectivity index (χ0v) is 10.4. The average Bonchev–Trinajstić information content (AvgIpc) is 2.81. The smallest absolute Gasteiger partial charge is 0.220 e. The van der Waals surface area contributed by atoms with Crippen molar-refractivity contribution in [1.29, 1.82) is 0 Å². The monoisotopic (exact) mass is 241 g/mol. The number of furan rings is 1. The average molecular weight is 241 g/mol. The molecule has 1 amide bonds. The molecular weight excluding hydrogens is 222 g/mol. The molecule has 96 valence electrons. The van der Waals surface area contributed by atoms with Gasteiger partial charge >= 0.3 is 0 Å². The molecule has 0 saturated heterocycles. The van der Waals surface area contributed by atoms with Crippen molar-refractivity contribution in [3.8, 4) is 0 Å². The molecule has 1 aromatic heterocycles. The van der Waals surface area contributed by atoms with Crippen molar-refractivity contribution in [1.82, 2.24) is 5.32 Å². The van der Waals surface area contributed by atoms with Crippen molar-refractivity contribution in [3.05, 3.63) is 24.2 Å². The first-order valence-electron chi connectivity index (χ1n) is 5.54. The van der Waals surface area contributed by atoms with Gasteiger partial charge in [-0.3, -0.25) is 4.79 Å². The van der Waals surface area contributed by atoms with E-state index >= 15 is 0 Å². The maximum Gasteiger partial charge on any atom is 0.220 e. The summed E-state index contributed by atoms with van der Waals surface area (Å²) in [5.74, 6) is 0.760. The molecule has 5 nitrogen and oxygen atoms in total. The fourth-order valence-corrected chi connectivity index (χ4v) is 1.59. The van der Waals surface area contributed by atoms with E-state index in [4.69, 9.17) is 13.9 Å². The molecule has 0 aliphatic rings. The molecule has 0 aliphatic carbocycles. The number of nitrogens with one attached hydrogen (secondary N) is 1. The number of amides is 1. The summed E-state index contributed by atoms with van der Waals surface area (Å²) < 4.78 is 15.3. The molecule has 17 heavy (non-hydrogen) atoms. The van der Waals surface area contributed by atoms with Crippen molar-refractivity contribution in [3.63, 3.8) is 0 Å². The number of ether oxygens (including phenoxy) is 2. The number of carbonyl (C=O) groups is 1. The molecule has 1 heterocycles. The lowest BCUT2D eigenvalue weighted by Gasteiger charge is -2.21. The van der Waals surface area contributed by atoms with Gasteiger partial charge in [-0.05, 0) is 19.1 Å². The fourth-order valence-electron chi connectivity index (χ4n) is 1.59. The number of rotatable bonds is 7. The van der Waals surface area contributed by atoms with Crippen LogP contribution in [0.1, 0.15) is 19.1 Å². The van der Waals surface area contributed by atoms with Gasteiger partial charge in [0.1, 0.15) is 5.76 Å². The Morgan fingerprint density at radius 3 is 2.71 bits per heavy atom. The Balaban J connectivity index is 2.29. The Kier molecular flexibility index (Phi) is 5.72. The quantitative estimate of drug-likeness (QED) is 0.732. The first-order chi connectivity index (χ1) is 8.17. The van der Waals surface area contributed by atoms with Crippen LogP contribution in [0.3, 0.4) is 0 Å². The van der Waals surface area contributed by atoms with Gasteiger partial charge < -0.3 is 19.2 Å². The predicted molar refractivity (Wildman–Crippen MR) is 62.4 cm³/mol. The van der Waals surface area contributed by atoms with E-state index in [2.05, 4.69) is 5.32 Å². The van der Waals surface area contributed by atoms with E-state index in [9.17, 15) is 4.79 Å². The lowest BCUT2D eigenvalue weighted by atomic mass is 10.2. The largest absolute Gasteiger partial charge is 0.469 e. The Labute approximate surface area is 101 Å². The molecule has 1 N–H and O–H groups in total. The second-order valence-electron chi connectivity index (χ2n) is 3.78. The Morgan fingerprint density at radius 2 is 2.18 bits per heavy atom.